The molecule has 0 saturated heterocycles. The molecule has 0 saturated carbocycles. The Hall–Kier alpha value is -1.05. The van der Waals surface area contributed by atoms with Crippen LogP contribution in [0, 0.1) is 0 Å². The van der Waals surface area contributed by atoms with Crippen molar-refractivity contribution < 1.29 is 0 Å². The van der Waals surface area contributed by atoms with E-state index >= 15 is 0 Å². The van der Waals surface area contributed by atoms with E-state index in [0.29, 0.717) is 5.95 Å². The maximum atomic E-state index is 12.1. The van der Waals surface area contributed by atoms with Crippen molar-refractivity contribution in [2.75, 3.05) is 5.43 Å². The fourth-order valence-electron chi connectivity index (χ4n) is 2.22. The third-order valence-corrected chi connectivity index (χ3v) is 5.75. The largest absolute Gasteiger partial charge is 0.294 e. The SMILES string of the molecule is CC1(C)Cc2c(sc3nc(NN)[nH]c(=O)c23)CS1. The number of fused-ring (bicyclic) bond motifs is 3. The van der Waals surface area contributed by atoms with Gasteiger partial charge in [0.05, 0.1) is 5.39 Å². The number of anilines is 1. The Morgan fingerprint density at radius 1 is 1.50 bits per heavy atom. The fourth-order valence-corrected chi connectivity index (χ4v) is 4.56. The second kappa shape index (κ2) is 3.97. The number of thioether (sulfide) groups is 1. The van der Waals surface area contributed by atoms with E-state index in [1.807, 2.05) is 11.8 Å². The van der Waals surface area contributed by atoms with Crippen molar-refractivity contribution in [3.63, 3.8) is 0 Å². The number of H-pyrrole nitrogens is 1. The number of hydrogen-bond donors (Lipinski definition) is 3. The number of nitrogens with zero attached hydrogens (tertiary/aromatic N) is 1. The van der Waals surface area contributed by atoms with Crippen LogP contribution in [0.2, 0.25) is 0 Å². The minimum Gasteiger partial charge on any atom is -0.294 e. The summed E-state index contributed by atoms with van der Waals surface area (Å²) in [5, 5.41) is 0.738. The van der Waals surface area contributed by atoms with Crippen LogP contribution in [0.5, 0.6) is 0 Å². The predicted molar refractivity (Wildman–Crippen MR) is 77.1 cm³/mol. The molecule has 0 bridgehead atoms. The maximum absolute atomic E-state index is 12.1. The fraction of sp³-hybridized carbons (Fsp3) is 0.455. The molecule has 0 aliphatic carbocycles. The number of hydrazine groups is 1. The Morgan fingerprint density at radius 3 is 3.00 bits per heavy atom. The topological polar surface area (TPSA) is 83.8 Å². The molecule has 2 aromatic rings. The van der Waals surface area contributed by atoms with Crippen LogP contribution in [-0.2, 0) is 12.2 Å². The summed E-state index contributed by atoms with van der Waals surface area (Å²) in [6.07, 6.45) is 0.910. The molecule has 7 heteroatoms. The van der Waals surface area contributed by atoms with E-state index in [-0.39, 0.29) is 10.3 Å². The van der Waals surface area contributed by atoms with Gasteiger partial charge >= 0.3 is 0 Å². The molecule has 0 spiro atoms. The summed E-state index contributed by atoms with van der Waals surface area (Å²) < 4.78 is 0.179. The van der Waals surface area contributed by atoms with Crippen LogP contribution in [0.15, 0.2) is 4.79 Å². The number of aromatic nitrogens is 2. The average Bonchev–Trinajstić information content (AvgIpc) is 2.65. The molecule has 18 heavy (non-hydrogen) atoms. The van der Waals surface area contributed by atoms with Crippen molar-refractivity contribution >= 4 is 39.3 Å². The third-order valence-electron chi connectivity index (χ3n) is 3.08. The van der Waals surface area contributed by atoms with E-state index in [2.05, 4.69) is 29.2 Å². The molecule has 1 aliphatic rings. The summed E-state index contributed by atoms with van der Waals surface area (Å²) >= 11 is 3.52. The van der Waals surface area contributed by atoms with Gasteiger partial charge in [0.1, 0.15) is 4.83 Å². The third kappa shape index (κ3) is 1.82. The van der Waals surface area contributed by atoms with E-state index in [9.17, 15) is 4.79 Å². The lowest BCUT2D eigenvalue weighted by Gasteiger charge is -2.28. The van der Waals surface area contributed by atoms with Gasteiger partial charge in [-0.05, 0) is 12.0 Å². The highest BCUT2D eigenvalue weighted by Gasteiger charge is 2.30. The van der Waals surface area contributed by atoms with Gasteiger partial charge in [0.25, 0.3) is 5.56 Å². The Morgan fingerprint density at radius 2 is 2.28 bits per heavy atom. The molecule has 0 unspecified atom stereocenters. The van der Waals surface area contributed by atoms with E-state index in [0.717, 1.165) is 28.0 Å². The Balaban J connectivity index is 2.27. The molecule has 3 rings (SSSR count). The molecular weight excluding hydrogens is 268 g/mol. The number of nitrogen functional groups attached to an aromatic ring is 1. The Kier molecular flexibility index (Phi) is 2.65. The second-order valence-corrected chi connectivity index (χ2v) is 7.73. The van der Waals surface area contributed by atoms with Gasteiger partial charge in [0, 0.05) is 15.4 Å². The summed E-state index contributed by atoms with van der Waals surface area (Å²) in [5.74, 6) is 6.56. The van der Waals surface area contributed by atoms with Crippen molar-refractivity contribution in [1.29, 1.82) is 0 Å². The first-order chi connectivity index (χ1) is 8.50. The van der Waals surface area contributed by atoms with E-state index < -0.39 is 0 Å². The highest BCUT2D eigenvalue weighted by atomic mass is 32.2. The van der Waals surface area contributed by atoms with Crippen LogP contribution < -0.4 is 16.8 Å². The van der Waals surface area contributed by atoms with Crippen molar-refractivity contribution in [1.82, 2.24) is 9.97 Å². The Bertz CT molecular complexity index is 673. The summed E-state index contributed by atoms with van der Waals surface area (Å²) in [6.45, 7) is 4.42. The molecular formula is C11H14N4OS2. The number of nitrogens with two attached hydrogens (primary N) is 1. The first kappa shape index (κ1) is 12.0. The van der Waals surface area contributed by atoms with E-state index in [4.69, 9.17) is 5.84 Å². The molecule has 96 valence electrons. The molecule has 2 aromatic heterocycles. The summed E-state index contributed by atoms with van der Waals surface area (Å²) in [5.41, 5.74) is 3.45. The normalized spacial score (nSPS) is 17.7. The minimum absolute atomic E-state index is 0.104. The zero-order valence-corrected chi connectivity index (χ0v) is 11.8. The minimum atomic E-state index is -0.104. The van der Waals surface area contributed by atoms with Gasteiger partial charge in [0.15, 0.2) is 0 Å². The summed E-state index contributed by atoms with van der Waals surface area (Å²) in [4.78, 5) is 21.1. The smallest absolute Gasteiger partial charge is 0.261 e. The maximum Gasteiger partial charge on any atom is 0.261 e. The van der Waals surface area contributed by atoms with Gasteiger partial charge in [-0.25, -0.2) is 10.8 Å². The van der Waals surface area contributed by atoms with Gasteiger partial charge in [0.2, 0.25) is 5.95 Å². The monoisotopic (exact) mass is 282 g/mol. The molecule has 5 nitrogen and oxygen atoms in total. The van der Waals surface area contributed by atoms with Gasteiger partial charge in [-0.3, -0.25) is 15.2 Å². The molecule has 0 atom stereocenters. The number of aromatic amines is 1. The number of thiophene rings is 1. The molecule has 4 N–H and O–H groups in total. The van der Waals surface area contributed by atoms with Crippen LogP contribution in [0.3, 0.4) is 0 Å². The van der Waals surface area contributed by atoms with Crippen molar-refractivity contribution in [3.05, 3.63) is 20.8 Å². The van der Waals surface area contributed by atoms with Crippen LogP contribution in [-0.4, -0.2) is 14.7 Å². The molecule has 0 aromatic carbocycles. The van der Waals surface area contributed by atoms with Crippen LogP contribution in [0.4, 0.5) is 5.95 Å². The quantitative estimate of drug-likeness (QED) is 0.549. The van der Waals surface area contributed by atoms with E-state index in [1.165, 1.54) is 4.88 Å². The summed E-state index contributed by atoms with van der Waals surface area (Å²) in [6, 6.07) is 0. The van der Waals surface area contributed by atoms with Gasteiger partial charge in [-0.15, -0.1) is 23.1 Å². The molecule has 0 fully saturated rings. The number of hydrogen-bond acceptors (Lipinski definition) is 6. The average molecular weight is 282 g/mol. The van der Waals surface area contributed by atoms with Crippen LogP contribution >= 0.6 is 23.1 Å². The zero-order valence-electron chi connectivity index (χ0n) is 10.2. The lowest BCUT2D eigenvalue weighted by atomic mass is 10.00. The van der Waals surface area contributed by atoms with Crippen molar-refractivity contribution in [2.24, 2.45) is 5.84 Å². The van der Waals surface area contributed by atoms with Gasteiger partial charge in [-0.1, -0.05) is 13.8 Å². The first-order valence-electron chi connectivity index (χ1n) is 5.65. The lowest BCUT2D eigenvalue weighted by Crippen LogP contribution is -2.24. The van der Waals surface area contributed by atoms with Crippen LogP contribution in [0.1, 0.15) is 24.3 Å². The summed E-state index contributed by atoms with van der Waals surface area (Å²) in [7, 11) is 0. The van der Waals surface area contributed by atoms with Crippen molar-refractivity contribution in [2.45, 2.75) is 30.8 Å². The Labute approximate surface area is 112 Å². The standard InChI is InChI=1S/C11H14N4OS2/c1-11(2)3-5-6(4-17-11)18-9-7(5)8(16)13-10(14-9)15-12/h3-4,12H2,1-2H3,(H2,13,14,15,16). The molecule has 3 heterocycles. The lowest BCUT2D eigenvalue weighted by molar-refractivity contribution is 0.699. The number of nitrogens with one attached hydrogen (secondary N) is 2. The predicted octanol–water partition coefficient (Wildman–Crippen LogP) is 1.84. The molecule has 0 radical (unpaired) electrons. The zero-order chi connectivity index (χ0) is 12.9. The highest BCUT2D eigenvalue weighted by molar-refractivity contribution is 8.00. The molecule has 1 aliphatic heterocycles. The van der Waals surface area contributed by atoms with Crippen molar-refractivity contribution in [3.8, 4) is 0 Å². The first-order valence-corrected chi connectivity index (χ1v) is 7.45. The second-order valence-electron chi connectivity index (χ2n) is 4.97. The van der Waals surface area contributed by atoms with Gasteiger partial charge in [-0.2, -0.15) is 0 Å². The van der Waals surface area contributed by atoms with E-state index in [1.54, 1.807) is 11.3 Å². The molecule has 0 amide bonds. The number of rotatable bonds is 1. The van der Waals surface area contributed by atoms with Gasteiger partial charge < -0.3 is 0 Å². The van der Waals surface area contributed by atoms with Crippen LogP contribution in [0.25, 0.3) is 10.2 Å². The highest BCUT2D eigenvalue weighted by Crippen LogP contribution is 2.43.